The molecule has 3 rings (SSSR count). The summed E-state index contributed by atoms with van der Waals surface area (Å²) in [7, 11) is 0. The third-order valence-corrected chi connectivity index (χ3v) is 6.92. The number of hydrogen-bond acceptors (Lipinski definition) is 0. The van der Waals surface area contributed by atoms with Crippen molar-refractivity contribution in [3.05, 3.63) is 24.1 Å². The highest BCUT2D eigenvalue weighted by Crippen LogP contribution is 2.60. The van der Waals surface area contributed by atoms with E-state index in [4.69, 9.17) is 0 Å². The third-order valence-electron chi connectivity index (χ3n) is 6.92. The van der Waals surface area contributed by atoms with Crippen molar-refractivity contribution < 1.29 is 8.78 Å². The van der Waals surface area contributed by atoms with Crippen LogP contribution < -0.4 is 0 Å². The molecule has 3 aliphatic carbocycles. The molecule has 1 unspecified atom stereocenters. The fraction of sp³-hybridized carbons (Fsp3) is 0.810. The summed E-state index contributed by atoms with van der Waals surface area (Å²) in [6.07, 6.45) is 17.6. The Bertz CT molecular complexity index is 450. The molecule has 0 bridgehead atoms. The Morgan fingerprint density at radius 1 is 1.09 bits per heavy atom. The summed E-state index contributed by atoms with van der Waals surface area (Å²) in [5, 5.41) is 0. The summed E-state index contributed by atoms with van der Waals surface area (Å²) < 4.78 is 30.7. The van der Waals surface area contributed by atoms with Gasteiger partial charge in [0.1, 0.15) is 5.83 Å². The van der Waals surface area contributed by atoms with Crippen molar-refractivity contribution in [2.45, 2.75) is 89.6 Å². The molecule has 2 fully saturated rings. The highest BCUT2D eigenvalue weighted by Gasteiger charge is 2.58. The number of rotatable bonds is 4. The first kappa shape index (κ1) is 17.2. The smallest absolute Gasteiger partial charge is 0.185 e. The molecule has 3 aliphatic rings. The fourth-order valence-corrected chi connectivity index (χ4v) is 5.70. The van der Waals surface area contributed by atoms with Gasteiger partial charge < -0.3 is 0 Å². The van der Waals surface area contributed by atoms with E-state index in [2.05, 4.69) is 6.92 Å². The van der Waals surface area contributed by atoms with Crippen LogP contribution in [-0.2, 0) is 0 Å². The molecule has 0 N–H and O–H groups in total. The molecule has 2 heteroatoms. The van der Waals surface area contributed by atoms with Crippen LogP contribution in [0.15, 0.2) is 24.1 Å². The molecule has 0 aromatic heterocycles. The van der Waals surface area contributed by atoms with E-state index in [-0.39, 0.29) is 0 Å². The lowest BCUT2D eigenvalue weighted by atomic mass is 9.53. The van der Waals surface area contributed by atoms with Gasteiger partial charge in [0.2, 0.25) is 0 Å². The van der Waals surface area contributed by atoms with Crippen molar-refractivity contribution in [1.29, 1.82) is 0 Å². The van der Waals surface area contributed by atoms with Crippen LogP contribution in [0.5, 0.6) is 0 Å². The molecule has 0 saturated heterocycles. The number of allylic oxidation sites excluding steroid dienone is 4. The Labute approximate surface area is 140 Å². The quantitative estimate of drug-likeness (QED) is 0.486. The molecule has 23 heavy (non-hydrogen) atoms. The molecule has 2 saturated carbocycles. The lowest BCUT2D eigenvalue weighted by molar-refractivity contribution is -0.0575. The molecule has 0 radical (unpaired) electrons. The first-order valence-electron chi connectivity index (χ1n) is 9.85. The maximum absolute atomic E-state index is 16.0. The number of halogens is 2. The Hall–Kier alpha value is -0.660. The molecule has 130 valence electrons. The predicted octanol–water partition coefficient (Wildman–Crippen LogP) is 7.07. The lowest BCUT2D eigenvalue weighted by Gasteiger charge is -2.53. The molecular weight excluding hydrogens is 290 g/mol. The van der Waals surface area contributed by atoms with Crippen LogP contribution in [0.1, 0.15) is 84.0 Å². The van der Waals surface area contributed by atoms with E-state index < -0.39 is 16.9 Å². The molecule has 0 amide bonds. The van der Waals surface area contributed by atoms with Gasteiger partial charge in [0, 0.05) is 5.41 Å². The van der Waals surface area contributed by atoms with E-state index in [1.165, 1.54) is 38.2 Å². The van der Waals surface area contributed by atoms with Crippen molar-refractivity contribution in [1.82, 2.24) is 0 Å². The van der Waals surface area contributed by atoms with Crippen molar-refractivity contribution in [2.24, 2.45) is 17.3 Å². The minimum atomic E-state index is -1.84. The van der Waals surface area contributed by atoms with E-state index in [1.54, 1.807) is 6.08 Å². The summed E-state index contributed by atoms with van der Waals surface area (Å²) in [6.45, 7) is 2.25. The van der Waals surface area contributed by atoms with E-state index in [0.29, 0.717) is 12.3 Å². The fourth-order valence-electron chi connectivity index (χ4n) is 5.70. The molecule has 1 atom stereocenters. The van der Waals surface area contributed by atoms with Crippen LogP contribution in [0.25, 0.3) is 0 Å². The van der Waals surface area contributed by atoms with E-state index >= 15 is 4.39 Å². The second-order valence-electron chi connectivity index (χ2n) is 8.13. The van der Waals surface area contributed by atoms with E-state index in [1.807, 2.05) is 6.08 Å². The zero-order valence-electron chi connectivity index (χ0n) is 14.6. The topological polar surface area (TPSA) is 0 Å². The second-order valence-corrected chi connectivity index (χ2v) is 8.13. The maximum atomic E-state index is 16.0. The average molecular weight is 322 g/mol. The molecule has 0 heterocycles. The monoisotopic (exact) mass is 322 g/mol. The third kappa shape index (κ3) is 3.03. The van der Waals surface area contributed by atoms with Gasteiger partial charge in [-0.3, -0.25) is 0 Å². The van der Waals surface area contributed by atoms with Gasteiger partial charge in [0.05, 0.1) is 0 Å². The zero-order chi connectivity index (χ0) is 16.3. The Balaban J connectivity index is 1.85. The minimum absolute atomic E-state index is 0.350. The lowest BCUT2D eigenvalue weighted by Crippen LogP contribution is -2.51. The summed E-state index contributed by atoms with van der Waals surface area (Å²) in [6, 6.07) is 0. The standard InChI is InChI=1S/C21H32F2/c1-2-8-17-10-12-18(13-11-17)20(14-5-3-6-15-20)21(23)16-7-4-9-19(21)22/h7,9,16-18H,2-6,8,10-15H2,1H3. The van der Waals surface area contributed by atoms with Gasteiger partial charge in [0.15, 0.2) is 5.67 Å². The highest BCUT2D eigenvalue weighted by atomic mass is 19.2. The van der Waals surface area contributed by atoms with Crippen molar-refractivity contribution >= 4 is 0 Å². The molecule has 0 nitrogen and oxygen atoms in total. The SMILES string of the molecule is CCCC1CCC(C2(C3(F)C=CCC=C3F)CCCCC2)CC1. The van der Waals surface area contributed by atoms with Gasteiger partial charge in [-0.05, 0) is 56.1 Å². The van der Waals surface area contributed by atoms with Gasteiger partial charge in [-0.1, -0.05) is 57.9 Å². The molecule has 0 aromatic carbocycles. The normalized spacial score (nSPS) is 37.4. The maximum Gasteiger partial charge on any atom is 0.185 e. The van der Waals surface area contributed by atoms with Crippen LogP contribution in [0, 0.1) is 17.3 Å². The molecule has 0 aliphatic heterocycles. The molecular formula is C21H32F2. The first-order chi connectivity index (χ1) is 11.1. The van der Waals surface area contributed by atoms with Gasteiger partial charge in [-0.25, -0.2) is 8.78 Å². The van der Waals surface area contributed by atoms with Crippen LogP contribution in [0.3, 0.4) is 0 Å². The Kier molecular flexibility index (Phi) is 5.28. The zero-order valence-corrected chi connectivity index (χ0v) is 14.6. The van der Waals surface area contributed by atoms with E-state index in [0.717, 1.165) is 44.4 Å². The van der Waals surface area contributed by atoms with E-state index in [9.17, 15) is 4.39 Å². The van der Waals surface area contributed by atoms with Crippen molar-refractivity contribution in [3.63, 3.8) is 0 Å². The second kappa shape index (κ2) is 7.07. The van der Waals surface area contributed by atoms with Crippen LogP contribution in [-0.4, -0.2) is 5.67 Å². The van der Waals surface area contributed by atoms with Gasteiger partial charge in [-0.15, -0.1) is 0 Å². The molecule has 0 aromatic rings. The predicted molar refractivity (Wildman–Crippen MR) is 92.7 cm³/mol. The van der Waals surface area contributed by atoms with Crippen LogP contribution in [0.2, 0.25) is 0 Å². The van der Waals surface area contributed by atoms with Crippen LogP contribution >= 0.6 is 0 Å². The van der Waals surface area contributed by atoms with Gasteiger partial charge in [-0.2, -0.15) is 0 Å². The summed E-state index contributed by atoms with van der Waals surface area (Å²) in [5.74, 6) is 0.662. The Morgan fingerprint density at radius 2 is 1.78 bits per heavy atom. The summed E-state index contributed by atoms with van der Waals surface area (Å²) in [5.41, 5.74) is -2.33. The van der Waals surface area contributed by atoms with Crippen molar-refractivity contribution in [2.75, 3.05) is 0 Å². The van der Waals surface area contributed by atoms with Gasteiger partial charge in [0.25, 0.3) is 0 Å². The largest absolute Gasteiger partial charge is 0.231 e. The number of alkyl halides is 1. The summed E-state index contributed by atoms with van der Waals surface area (Å²) in [4.78, 5) is 0. The van der Waals surface area contributed by atoms with Gasteiger partial charge >= 0.3 is 0 Å². The van der Waals surface area contributed by atoms with Crippen LogP contribution in [0.4, 0.5) is 8.78 Å². The highest BCUT2D eigenvalue weighted by molar-refractivity contribution is 5.31. The average Bonchev–Trinajstić information content (AvgIpc) is 2.59. The van der Waals surface area contributed by atoms with Crippen molar-refractivity contribution in [3.8, 4) is 0 Å². The Morgan fingerprint density at radius 3 is 2.39 bits per heavy atom. The first-order valence-corrected chi connectivity index (χ1v) is 9.85. The number of hydrogen-bond donors (Lipinski definition) is 0. The molecule has 0 spiro atoms. The minimum Gasteiger partial charge on any atom is -0.231 e. The summed E-state index contributed by atoms with van der Waals surface area (Å²) >= 11 is 0.